The van der Waals surface area contributed by atoms with Crippen molar-refractivity contribution in [1.82, 2.24) is 15.1 Å². The number of rotatable bonds is 6. The molecule has 1 amide bonds. The average Bonchev–Trinajstić information content (AvgIpc) is 3.16. The molecule has 28 heavy (non-hydrogen) atoms. The minimum Gasteiger partial charge on any atom is -0.370 e. The number of piperidine rings is 1. The lowest BCUT2D eigenvalue weighted by Gasteiger charge is -2.34. The van der Waals surface area contributed by atoms with Crippen molar-refractivity contribution in [1.29, 1.82) is 0 Å². The first kappa shape index (κ1) is 22.9. The van der Waals surface area contributed by atoms with Gasteiger partial charge in [-0.3, -0.25) is 14.7 Å². The molecular weight excluding hydrogens is 465 g/mol. The molecule has 1 atom stereocenters. The monoisotopic (exact) mass is 499 g/mol. The predicted octanol–water partition coefficient (Wildman–Crippen LogP) is 2.56. The van der Waals surface area contributed by atoms with Crippen molar-refractivity contribution in [3.8, 4) is 0 Å². The van der Waals surface area contributed by atoms with Crippen LogP contribution >= 0.6 is 24.0 Å². The van der Waals surface area contributed by atoms with E-state index in [1.807, 2.05) is 7.05 Å². The molecule has 3 N–H and O–H groups in total. The second-order valence-electron chi connectivity index (χ2n) is 7.83. The predicted molar refractivity (Wildman–Crippen MR) is 125 cm³/mol. The van der Waals surface area contributed by atoms with E-state index in [1.165, 1.54) is 37.1 Å². The van der Waals surface area contributed by atoms with Crippen LogP contribution in [-0.4, -0.2) is 54.9 Å². The molecule has 6 nitrogen and oxygen atoms in total. The maximum Gasteiger partial charge on any atom is 0.217 e. The maximum absolute atomic E-state index is 11.2. The minimum atomic E-state index is -0.209. The molecule has 2 saturated heterocycles. The van der Waals surface area contributed by atoms with Crippen molar-refractivity contribution in [3.63, 3.8) is 0 Å². The standard InChI is InChI=1S/C21H33N5O.HI/c1-23-21(26-12-4-5-19(16-26)13-20(22)27)24-14-17-6-8-18(9-7-17)15-25-10-2-3-11-25;/h6-9,19H,2-5,10-16H2,1H3,(H2,22,27)(H,23,24);1H. The number of nitrogens with two attached hydrogens (primary N) is 1. The van der Waals surface area contributed by atoms with Crippen LogP contribution in [0.1, 0.15) is 43.2 Å². The van der Waals surface area contributed by atoms with E-state index in [0.717, 1.165) is 45.0 Å². The SMILES string of the molecule is CN=C(NCc1ccc(CN2CCCC2)cc1)N1CCCC(CC(N)=O)C1.I. The Labute approximate surface area is 186 Å². The van der Waals surface area contributed by atoms with Crippen molar-refractivity contribution in [2.75, 3.05) is 33.2 Å². The van der Waals surface area contributed by atoms with Gasteiger partial charge in [0.25, 0.3) is 0 Å². The van der Waals surface area contributed by atoms with Crippen LogP contribution in [-0.2, 0) is 17.9 Å². The Kier molecular flexibility index (Phi) is 9.50. The number of guanidine groups is 1. The molecule has 1 aromatic carbocycles. The highest BCUT2D eigenvalue weighted by Crippen LogP contribution is 2.19. The topological polar surface area (TPSA) is 74.0 Å². The summed E-state index contributed by atoms with van der Waals surface area (Å²) in [5.74, 6) is 1.03. The zero-order chi connectivity index (χ0) is 19.1. The van der Waals surface area contributed by atoms with Gasteiger partial charge in [0.05, 0.1) is 0 Å². The summed E-state index contributed by atoms with van der Waals surface area (Å²) in [5, 5.41) is 3.47. The summed E-state index contributed by atoms with van der Waals surface area (Å²) in [4.78, 5) is 20.4. The van der Waals surface area contributed by atoms with Gasteiger partial charge in [0, 0.05) is 39.6 Å². The highest BCUT2D eigenvalue weighted by molar-refractivity contribution is 14.0. The van der Waals surface area contributed by atoms with Gasteiger partial charge in [-0.25, -0.2) is 0 Å². The molecule has 1 aromatic rings. The molecule has 0 spiro atoms. The Morgan fingerprint density at radius 1 is 1.14 bits per heavy atom. The number of nitrogens with one attached hydrogen (secondary N) is 1. The largest absolute Gasteiger partial charge is 0.370 e. The molecule has 7 heteroatoms. The number of halogens is 1. The Morgan fingerprint density at radius 3 is 2.46 bits per heavy atom. The fourth-order valence-electron chi connectivity index (χ4n) is 4.18. The first-order valence-corrected chi connectivity index (χ1v) is 10.2. The fraction of sp³-hybridized carbons (Fsp3) is 0.619. The Hall–Kier alpha value is -1.35. The van der Waals surface area contributed by atoms with Crippen LogP contribution in [0.15, 0.2) is 29.3 Å². The van der Waals surface area contributed by atoms with Crippen molar-refractivity contribution < 1.29 is 4.79 Å². The molecule has 2 aliphatic heterocycles. The van der Waals surface area contributed by atoms with Crippen LogP contribution in [0.5, 0.6) is 0 Å². The van der Waals surface area contributed by atoms with Crippen LogP contribution in [0.3, 0.4) is 0 Å². The molecule has 1 unspecified atom stereocenters. The van der Waals surface area contributed by atoms with Crippen molar-refractivity contribution in [2.24, 2.45) is 16.6 Å². The van der Waals surface area contributed by atoms with Crippen molar-refractivity contribution >= 4 is 35.8 Å². The quantitative estimate of drug-likeness (QED) is 0.359. The van der Waals surface area contributed by atoms with Crippen molar-refractivity contribution in [2.45, 2.75) is 45.2 Å². The molecule has 0 bridgehead atoms. The summed E-state index contributed by atoms with van der Waals surface area (Å²) >= 11 is 0. The molecule has 156 valence electrons. The summed E-state index contributed by atoms with van der Waals surface area (Å²) in [5.41, 5.74) is 8.01. The first-order valence-electron chi connectivity index (χ1n) is 10.2. The summed E-state index contributed by atoms with van der Waals surface area (Å²) in [6.07, 6.45) is 5.26. The lowest BCUT2D eigenvalue weighted by atomic mass is 9.95. The summed E-state index contributed by atoms with van der Waals surface area (Å²) in [6.45, 7) is 6.09. The molecule has 3 rings (SSSR count). The van der Waals surface area contributed by atoms with Gasteiger partial charge in [-0.2, -0.15) is 0 Å². The zero-order valence-electron chi connectivity index (χ0n) is 16.9. The van der Waals surface area contributed by atoms with E-state index in [0.29, 0.717) is 12.3 Å². The van der Waals surface area contributed by atoms with E-state index >= 15 is 0 Å². The molecule has 0 aromatic heterocycles. The van der Waals surface area contributed by atoms with Crippen LogP contribution in [0.4, 0.5) is 0 Å². The molecular formula is C21H34IN5O. The zero-order valence-corrected chi connectivity index (χ0v) is 19.2. The van der Waals surface area contributed by atoms with Crippen LogP contribution in [0.2, 0.25) is 0 Å². The van der Waals surface area contributed by atoms with Gasteiger partial charge < -0.3 is 16.0 Å². The number of primary amides is 1. The molecule has 0 saturated carbocycles. The van der Waals surface area contributed by atoms with E-state index in [-0.39, 0.29) is 29.9 Å². The number of hydrogen-bond donors (Lipinski definition) is 2. The number of likely N-dealkylation sites (tertiary alicyclic amines) is 2. The molecule has 2 fully saturated rings. The molecule has 0 radical (unpaired) electrons. The first-order chi connectivity index (χ1) is 13.1. The highest BCUT2D eigenvalue weighted by atomic mass is 127. The number of nitrogens with zero attached hydrogens (tertiary/aromatic N) is 3. The molecule has 2 heterocycles. The van der Waals surface area contributed by atoms with Gasteiger partial charge in [0.15, 0.2) is 5.96 Å². The maximum atomic E-state index is 11.2. The lowest BCUT2D eigenvalue weighted by Crippen LogP contribution is -2.46. The third-order valence-electron chi connectivity index (χ3n) is 5.60. The van der Waals surface area contributed by atoms with Gasteiger partial charge in [-0.15, -0.1) is 24.0 Å². The molecule has 2 aliphatic rings. The summed E-state index contributed by atoms with van der Waals surface area (Å²) in [6, 6.07) is 8.89. The number of hydrogen-bond acceptors (Lipinski definition) is 3. The third-order valence-corrected chi connectivity index (χ3v) is 5.60. The number of carbonyl (C=O) groups excluding carboxylic acids is 1. The lowest BCUT2D eigenvalue weighted by molar-refractivity contribution is -0.119. The van der Waals surface area contributed by atoms with E-state index in [9.17, 15) is 4.79 Å². The normalized spacial score (nSPS) is 20.7. The van der Waals surface area contributed by atoms with Crippen LogP contribution in [0, 0.1) is 5.92 Å². The Balaban J connectivity index is 0.00000280. The summed E-state index contributed by atoms with van der Waals surface area (Å²) < 4.78 is 0. The number of benzene rings is 1. The van der Waals surface area contributed by atoms with Crippen LogP contribution in [0.25, 0.3) is 0 Å². The number of aliphatic imine (C=N–C) groups is 1. The molecule has 0 aliphatic carbocycles. The third kappa shape index (κ3) is 6.92. The van der Waals surface area contributed by atoms with Gasteiger partial charge >= 0.3 is 0 Å². The number of amides is 1. The van der Waals surface area contributed by atoms with E-state index in [1.54, 1.807) is 0 Å². The summed E-state index contributed by atoms with van der Waals surface area (Å²) in [7, 11) is 1.82. The van der Waals surface area contributed by atoms with E-state index in [2.05, 4.69) is 44.4 Å². The van der Waals surface area contributed by atoms with Gasteiger partial charge in [0.1, 0.15) is 0 Å². The Morgan fingerprint density at radius 2 is 1.82 bits per heavy atom. The smallest absolute Gasteiger partial charge is 0.217 e. The second kappa shape index (κ2) is 11.6. The Bertz CT molecular complexity index is 643. The van der Waals surface area contributed by atoms with E-state index in [4.69, 9.17) is 5.73 Å². The fourth-order valence-corrected chi connectivity index (χ4v) is 4.18. The van der Waals surface area contributed by atoms with Crippen molar-refractivity contribution in [3.05, 3.63) is 35.4 Å². The second-order valence-corrected chi connectivity index (χ2v) is 7.83. The van der Waals surface area contributed by atoms with Gasteiger partial charge in [-0.1, -0.05) is 24.3 Å². The van der Waals surface area contributed by atoms with E-state index < -0.39 is 0 Å². The number of carbonyl (C=O) groups is 1. The van der Waals surface area contributed by atoms with Gasteiger partial charge in [-0.05, 0) is 55.8 Å². The van der Waals surface area contributed by atoms with Crippen LogP contribution < -0.4 is 11.1 Å². The average molecular weight is 499 g/mol. The van der Waals surface area contributed by atoms with Gasteiger partial charge in [0.2, 0.25) is 5.91 Å². The minimum absolute atomic E-state index is 0. The highest BCUT2D eigenvalue weighted by Gasteiger charge is 2.23.